The Kier molecular flexibility index (Phi) is 3.80. The predicted molar refractivity (Wildman–Crippen MR) is 76.3 cm³/mol. The molecule has 112 valence electrons. The van der Waals surface area contributed by atoms with E-state index in [1.807, 2.05) is 20.8 Å². The van der Waals surface area contributed by atoms with Crippen LogP contribution in [-0.4, -0.2) is 40.6 Å². The maximum atomic E-state index is 12.3. The van der Waals surface area contributed by atoms with E-state index in [9.17, 15) is 9.59 Å². The zero-order chi connectivity index (χ0) is 15.0. The maximum absolute atomic E-state index is 12.3. The molecule has 1 saturated carbocycles. The summed E-state index contributed by atoms with van der Waals surface area (Å²) < 4.78 is 5.46. The first-order valence-electron chi connectivity index (χ1n) is 7.22. The molecule has 0 radical (unpaired) electrons. The number of amides is 2. The Bertz CT molecular complexity index is 421. The molecular weight excluding hydrogens is 256 g/mol. The number of hydrogen-bond donors (Lipinski definition) is 1. The topological polar surface area (TPSA) is 58.6 Å². The summed E-state index contributed by atoms with van der Waals surface area (Å²) in [5, 5.41) is 3.00. The first kappa shape index (κ1) is 14.9. The predicted octanol–water partition coefficient (Wildman–Crippen LogP) is 2.22. The number of likely N-dealkylation sites (tertiary alicyclic amines) is 1. The SMILES string of the molecule is C=CC(=O)NC1(C2CCCN2C(=O)OC(C)(C)C)CC1. The van der Waals surface area contributed by atoms with Crippen LogP contribution in [0, 0.1) is 0 Å². The standard InChI is InChI=1S/C15H24N2O3/c1-5-12(18)16-15(8-9-15)11-7-6-10-17(11)13(19)20-14(2,3)4/h5,11H,1,6-10H2,2-4H3,(H,16,18). The lowest BCUT2D eigenvalue weighted by Crippen LogP contribution is -2.53. The van der Waals surface area contributed by atoms with Gasteiger partial charge in [0.1, 0.15) is 5.60 Å². The number of nitrogens with zero attached hydrogens (tertiary/aromatic N) is 1. The number of nitrogens with one attached hydrogen (secondary N) is 1. The molecule has 2 fully saturated rings. The molecule has 1 aliphatic carbocycles. The summed E-state index contributed by atoms with van der Waals surface area (Å²) >= 11 is 0. The fourth-order valence-corrected chi connectivity index (χ4v) is 2.85. The number of carbonyl (C=O) groups excluding carboxylic acids is 2. The molecule has 0 bridgehead atoms. The molecule has 0 aromatic heterocycles. The van der Waals surface area contributed by atoms with Crippen molar-refractivity contribution < 1.29 is 14.3 Å². The molecule has 1 N–H and O–H groups in total. The third kappa shape index (κ3) is 3.14. The number of rotatable bonds is 3. The summed E-state index contributed by atoms with van der Waals surface area (Å²) in [6.45, 7) is 9.77. The second-order valence-corrected chi connectivity index (χ2v) is 6.68. The van der Waals surface area contributed by atoms with Crippen LogP contribution in [0.3, 0.4) is 0 Å². The van der Waals surface area contributed by atoms with Gasteiger partial charge in [0.25, 0.3) is 0 Å². The van der Waals surface area contributed by atoms with Gasteiger partial charge in [-0.25, -0.2) is 4.79 Å². The molecule has 5 nitrogen and oxygen atoms in total. The second-order valence-electron chi connectivity index (χ2n) is 6.68. The fourth-order valence-electron chi connectivity index (χ4n) is 2.85. The summed E-state index contributed by atoms with van der Waals surface area (Å²) in [6.07, 6.45) is 4.70. The zero-order valence-electron chi connectivity index (χ0n) is 12.6. The first-order valence-corrected chi connectivity index (χ1v) is 7.22. The highest BCUT2D eigenvalue weighted by Gasteiger charge is 2.55. The van der Waals surface area contributed by atoms with Crippen LogP contribution in [0.5, 0.6) is 0 Å². The average Bonchev–Trinajstić information content (AvgIpc) is 2.92. The number of carbonyl (C=O) groups is 2. The largest absolute Gasteiger partial charge is 0.444 e. The number of hydrogen-bond acceptors (Lipinski definition) is 3. The summed E-state index contributed by atoms with van der Waals surface area (Å²) in [5.41, 5.74) is -0.760. The summed E-state index contributed by atoms with van der Waals surface area (Å²) in [7, 11) is 0. The van der Waals surface area contributed by atoms with E-state index in [4.69, 9.17) is 4.74 Å². The van der Waals surface area contributed by atoms with Crippen LogP contribution in [0.1, 0.15) is 46.5 Å². The van der Waals surface area contributed by atoms with E-state index in [0.29, 0.717) is 6.54 Å². The minimum absolute atomic E-state index is 0.0428. The molecule has 2 rings (SSSR count). The molecule has 1 unspecified atom stereocenters. The Balaban J connectivity index is 2.06. The van der Waals surface area contributed by atoms with Gasteiger partial charge in [-0.2, -0.15) is 0 Å². The molecule has 2 amide bonds. The number of ether oxygens (including phenoxy) is 1. The average molecular weight is 280 g/mol. The molecule has 1 atom stereocenters. The Morgan fingerprint density at radius 3 is 2.55 bits per heavy atom. The van der Waals surface area contributed by atoms with Crippen LogP contribution in [0.4, 0.5) is 4.79 Å². The van der Waals surface area contributed by atoms with E-state index in [2.05, 4.69) is 11.9 Å². The third-order valence-electron chi connectivity index (χ3n) is 3.86. The van der Waals surface area contributed by atoms with Gasteiger partial charge in [-0.15, -0.1) is 0 Å². The van der Waals surface area contributed by atoms with Crippen LogP contribution in [0.2, 0.25) is 0 Å². The lowest BCUT2D eigenvalue weighted by atomic mass is 10.0. The van der Waals surface area contributed by atoms with E-state index in [1.54, 1.807) is 4.90 Å². The highest BCUT2D eigenvalue weighted by molar-refractivity contribution is 5.88. The van der Waals surface area contributed by atoms with Crippen LogP contribution in [0.15, 0.2) is 12.7 Å². The molecule has 1 saturated heterocycles. The molecule has 0 aromatic rings. The van der Waals surface area contributed by atoms with Crippen molar-refractivity contribution in [3.63, 3.8) is 0 Å². The van der Waals surface area contributed by atoms with Gasteiger partial charge in [0.15, 0.2) is 0 Å². The molecule has 20 heavy (non-hydrogen) atoms. The van der Waals surface area contributed by atoms with E-state index in [1.165, 1.54) is 6.08 Å². The van der Waals surface area contributed by atoms with Crippen LogP contribution >= 0.6 is 0 Å². The van der Waals surface area contributed by atoms with Crippen molar-refractivity contribution in [2.24, 2.45) is 0 Å². The van der Waals surface area contributed by atoms with Gasteiger partial charge in [0, 0.05) is 6.54 Å². The van der Waals surface area contributed by atoms with E-state index < -0.39 is 5.60 Å². The van der Waals surface area contributed by atoms with Crippen LogP contribution in [-0.2, 0) is 9.53 Å². The van der Waals surface area contributed by atoms with Crippen LogP contribution < -0.4 is 5.32 Å². The normalized spacial score (nSPS) is 24.1. The Morgan fingerprint density at radius 2 is 2.05 bits per heavy atom. The lowest BCUT2D eigenvalue weighted by molar-refractivity contribution is -0.117. The molecule has 1 aliphatic heterocycles. The van der Waals surface area contributed by atoms with Crippen molar-refractivity contribution >= 4 is 12.0 Å². The molecule has 0 spiro atoms. The summed E-state index contributed by atoms with van der Waals surface area (Å²) in [6, 6.07) is 0.0428. The van der Waals surface area contributed by atoms with Crippen molar-refractivity contribution in [1.29, 1.82) is 0 Å². The van der Waals surface area contributed by atoms with Crippen molar-refractivity contribution in [2.45, 2.75) is 63.6 Å². The highest BCUT2D eigenvalue weighted by Crippen LogP contribution is 2.45. The van der Waals surface area contributed by atoms with Crippen LogP contribution in [0.25, 0.3) is 0 Å². The molecular formula is C15H24N2O3. The van der Waals surface area contributed by atoms with Gasteiger partial charge < -0.3 is 15.0 Å². The van der Waals surface area contributed by atoms with E-state index in [0.717, 1.165) is 25.7 Å². The third-order valence-corrected chi connectivity index (χ3v) is 3.86. The maximum Gasteiger partial charge on any atom is 0.410 e. The summed E-state index contributed by atoms with van der Waals surface area (Å²) in [4.78, 5) is 25.6. The first-order chi connectivity index (χ1) is 9.27. The van der Waals surface area contributed by atoms with Crippen molar-refractivity contribution in [3.05, 3.63) is 12.7 Å². The smallest absolute Gasteiger partial charge is 0.410 e. The zero-order valence-corrected chi connectivity index (χ0v) is 12.6. The Labute approximate surface area is 120 Å². The second kappa shape index (κ2) is 5.11. The van der Waals surface area contributed by atoms with Crippen molar-refractivity contribution in [3.8, 4) is 0 Å². The van der Waals surface area contributed by atoms with E-state index >= 15 is 0 Å². The van der Waals surface area contributed by atoms with E-state index in [-0.39, 0.29) is 23.6 Å². The van der Waals surface area contributed by atoms with Gasteiger partial charge in [0.05, 0.1) is 11.6 Å². The molecule has 0 aromatic carbocycles. The monoisotopic (exact) mass is 280 g/mol. The van der Waals surface area contributed by atoms with Gasteiger partial charge in [-0.1, -0.05) is 6.58 Å². The van der Waals surface area contributed by atoms with Gasteiger partial charge in [0.2, 0.25) is 5.91 Å². The fraction of sp³-hybridized carbons (Fsp3) is 0.733. The van der Waals surface area contributed by atoms with Gasteiger partial charge in [-0.3, -0.25) is 4.79 Å². The lowest BCUT2D eigenvalue weighted by Gasteiger charge is -2.33. The Hall–Kier alpha value is -1.52. The van der Waals surface area contributed by atoms with Gasteiger partial charge in [-0.05, 0) is 52.5 Å². The minimum Gasteiger partial charge on any atom is -0.444 e. The molecule has 1 heterocycles. The minimum atomic E-state index is -0.495. The Morgan fingerprint density at radius 1 is 1.40 bits per heavy atom. The quantitative estimate of drug-likeness (QED) is 0.806. The van der Waals surface area contributed by atoms with Crippen molar-refractivity contribution in [2.75, 3.05) is 6.54 Å². The van der Waals surface area contributed by atoms with Crippen molar-refractivity contribution in [1.82, 2.24) is 10.2 Å². The molecule has 2 aliphatic rings. The van der Waals surface area contributed by atoms with Gasteiger partial charge >= 0.3 is 6.09 Å². The molecule has 5 heteroatoms. The highest BCUT2D eigenvalue weighted by atomic mass is 16.6. The summed E-state index contributed by atoms with van der Waals surface area (Å²) in [5.74, 6) is -0.168.